The van der Waals surface area contributed by atoms with E-state index in [0.29, 0.717) is 41.4 Å². The highest BCUT2D eigenvalue weighted by Gasteiger charge is 2.54. The van der Waals surface area contributed by atoms with Crippen molar-refractivity contribution in [1.82, 2.24) is 15.1 Å². The largest absolute Gasteiger partial charge is 0.493 e. The van der Waals surface area contributed by atoms with Gasteiger partial charge >= 0.3 is 0 Å². The maximum Gasteiger partial charge on any atom is 0.244 e. The molecule has 1 amide bonds. The van der Waals surface area contributed by atoms with Crippen LogP contribution in [0.3, 0.4) is 0 Å². The topological polar surface area (TPSA) is 96.3 Å². The Labute approximate surface area is 273 Å². The van der Waals surface area contributed by atoms with Gasteiger partial charge in [-0.25, -0.2) is 4.39 Å². The van der Waals surface area contributed by atoms with Crippen LogP contribution in [0.5, 0.6) is 23.0 Å². The Hall–Kier alpha value is -4.30. The molecule has 2 bridgehead atoms. The summed E-state index contributed by atoms with van der Waals surface area (Å²) in [5.41, 5.74) is 4.91. The van der Waals surface area contributed by atoms with Crippen LogP contribution in [0.1, 0.15) is 39.9 Å². The molecule has 1 fully saturated rings. The smallest absolute Gasteiger partial charge is 0.244 e. The summed E-state index contributed by atoms with van der Waals surface area (Å²) in [4.78, 5) is 17.7. The van der Waals surface area contributed by atoms with Gasteiger partial charge in [-0.05, 0) is 90.2 Å². The molecule has 0 unspecified atom stereocenters. The van der Waals surface area contributed by atoms with Crippen LogP contribution in [-0.2, 0) is 17.6 Å². The molecule has 3 heterocycles. The molecule has 3 aliphatic rings. The second kappa shape index (κ2) is 12.8. The van der Waals surface area contributed by atoms with Gasteiger partial charge in [0.1, 0.15) is 11.9 Å². The summed E-state index contributed by atoms with van der Waals surface area (Å²) in [5, 5.41) is 13.8. The molecule has 0 spiro atoms. The van der Waals surface area contributed by atoms with Crippen molar-refractivity contribution in [1.29, 1.82) is 5.26 Å². The van der Waals surface area contributed by atoms with E-state index in [0.717, 1.165) is 22.3 Å². The lowest BCUT2D eigenvalue weighted by molar-refractivity contribution is -0.117. The van der Waals surface area contributed by atoms with Crippen molar-refractivity contribution < 1.29 is 28.1 Å². The average molecular weight is 647 g/mol. The SMILES string of the molecule is COc1cc2c(cc1OC)[C@@H]1[C@@H]3Cc4cc(OC)c(OC)cc4[C@H](CNC(=O)/C=C/c4ccc(F)c(Cl)c4)N3[C@@H](C#N)[C@H](C2)N1C. The number of likely N-dealkylation sites (N-methyl/N-ethyl adjacent to an activating group) is 1. The third-order valence-electron chi connectivity index (χ3n) is 9.55. The Bertz CT molecular complexity index is 1740. The van der Waals surface area contributed by atoms with E-state index >= 15 is 0 Å². The molecule has 6 rings (SSSR count). The van der Waals surface area contributed by atoms with Gasteiger partial charge in [-0.2, -0.15) is 5.26 Å². The molecule has 1 saturated heterocycles. The minimum atomic E-state index is -0.523. The molecule has 11 heteroatoms. The zero-order valence-electron chi connectivity index (χ0n) is 26.3. The van der Waals surface area contributed by atoms with Crippen molar-refractivity contribution in [3.05, 3.63) is 87.2 Å². The van der Waals surface area contributed by atoms with Gasteiger partial charge in [-0.15, -0.1) is 0 Å². The molecule has 5 atom stereocenters. The average Bonchev–Trinajstić information content (AvgIpc) is 3.06. The van der Waals surface area contributed by atoms with Crippen molar-refractivity contribution >= 4 is 23.6 Å². The second-order valence-corrected chi connectivity index (χ2v) is 12.2. The Morgan fingerprint density at radius 1 is 0.957 bits per heavy atom. The molecule has 0 saturated carbocycles. The number of nitrogens with one attached hydrogen (secondary N) is 1. The van der Waals surface area contributed by atoms with Gasteiger partial charge in [0.2, 0.25) is 5.91 Å². The number of nitrogens with zero attached hydrogens (tertiary/aromatic N) is 3. The molecule has 240 valence electrons. The molecule has 3 aromatic rings. The number of methoxy groups -OCH3 is 4. The van der Waals surface area contributed by atoms with E-state index in [4.69, 9.17) is 30.5 Å². The highest BCUT2D eigenvalue weighted by Crippen LogP contribution is 2.52. The van der Waals surface area contributed by atoms with Crippen molar-refractivity contribution in [2.75, 3.05) is 42.0 Å². The van der Waals surface area contributed by atoms with Crippen LogP contribution in [0, 0.1) is 17.1 Å². The minimum absolute atomic E-state index is 0.0161. The summed E-state index contributed by atoms with van der Waals surface area (Å²) in [7, 11) is 8.55. The third-order valence-corrected chi connectivity index (χ3v) is 9.84. The number of fused-ring (bicyclic) bond motifs is 7. The molecule has 0 radical (unpaired) electrons. The Kier molecular flexibility index (Phi) is 8.84. The van der Waals surface area contributed by atoms with E-state index in [1.54, 1.807) is 40.6 Å². The predicted molar refractivity (Wildman–Crippen MR) is 172 cm³/mol. The van der Waals surface area contributed by atoms with Crippen molar-refractivity contribution in [3.8, 4) is 29.1 Å². The zero-order chi connectivity index (χ0) is 32.7. The van der Waals surface area contributed by atoms with Crippen molar-refractivity contribution in [2.24, 2.45) is 0 Å². The summed E-state index contributed by atoms with van der Waals surface area (Å²) in [5.74, 6) is 1.67. The van der Waals surface area contributed by atoms with Crippen LogP contribution in [-0.4, -0.2) is 75.9 Å². The van der Waals surface area contributed by atoms with Gasteiger partial charge in [0.25, 0.3) is 0 Å². The van der Waals surface area contributed by atoms with Crippen LogP contribution in [0.4, 0.5) is 4.39 Å². The quantitative estimate of drug-likeness (QED) is 0.337. The highest BCUT2D eigenvalue weighted by atomic mass is 35.5. The van der Waals surface area contributed by atoms with Gasteiger partial charge < -0.3 is 24.3 Å². The molecule has 3 aliphatic heterocycles. The number of amides is 1. The van der Waals surface area contributed by atoms with Crippen LogP contribution >= 0.6 is 11.6 Å². The fourth-order valence-corrected chi connectivity index (χ4v) is 7.62. The first kappa shape index (κ1) is 31.7. The molecule has 3 aromatic carbocycles. The van der Waals surface area contributed by atoms with E-state index in [1.165, 1.54) is 18.2 Å². The number of carbonyl (C=O) groups excluding carboxylic acids is 1. The molecule has 1 N–H and O–H groups in total. The van der Waals surface area contributed by atoms with Crippen LogP contribution in [0.15, 0.2) is 48.5 Å². The summed E-state index contributed by atoms with van der Waals surface area (Å²) >= 11 is 5.92. The number of hydrogen-bond acceptors (Lipinski definition) is 8. The van der Waals surface area contributed by atoms with Gasteiger partial charge in [0.05, 0.1) is 51.6 Å². The lowest BCUT2D eigenvalue weighted by atomic mass is 9.72. The maximum atomic E-state index is 13.6. The molecule has 9 nitrogen and oxygen atoms in total. The Balaban J connectivity index is 1.40. The first-order chi connectivity index (χ1) is 22.2. The summed E-state index contributed by atoms with van der Waals surface area (Å²) < 4.78 is 36.3. The molecular formula is C35H36ClFN4O5. The molecule has 0 aromatic heterocycles. The number of piperazine rings is 1. The maximum absolute atomic E-state index is 13.6. The first-order valence-corrected chi connectivity index (χ1v) is 15.4. The summed E-state index contributed by atoms with van der Waals surface area (Å²) in [6, 6.07) is 13.9. The molecular weight excluding hydrogens is 611 g/mol. The second-order valence-electron chi connectivity index (χ2n) is 11.8. The van der Waals surface area contributed by atoms with Crippen molar-refractivity contribution in [3.63, 3.8) is 0 Å². The van der Waals surface area contributed by atoms with E-state index in [1.807, 2.05) is 18.2 Å². The number of benzene rings is 3. The molecule has 46 heavy (non-hydrogen) atoms. The van der Waals surface area contributed by atoms with Crippen LogP contribution in [0.2, 0.25) is 5.02 Å². The highest BCUT2D eigenvalue weighted by molar-refractivity contribution is 6.30. The summed E-state index contributed by atoms with van der Waals surface area (Å²) in [6.07, 6.45) is 4.29. The Morgan fingerprint density at radius 2 is 1.54 bits per heavy atom. The standard InChI is InChI=1S/C35H36ClFN4O5/c1-40-26-11-21-14-31(44-3)33(46-5)16-23(21)35(40)27-12-20-13-30(43-2)32(45-4)15-22(20)29(41(27)28(26)17-38)18-39-34(42)9-7-19-6-8-25(37)24(36)10-19/h6-10,13-16,26-29,35H,11-12,18H2,1-5H3,(H,39,42)/b9-7+/t26-,27-,28-,29-,35+/m0/s1. The lowest BCUT2D eigenvalue weighted by Gasteiger charge is -2.60. The fraction of sp³-hybridized carbons (Fsp3) is 0.371. The third kappa shape index (κ3) is 5.42. The molecule has 0 aliphatic carbocycles. The minimum Gasteiger partial charge on any atom is -0.493 e. The zero-order valence-corrected chi connectivity index (χ0v) is 27.1. The number of ether oxygens (including phenoxy) is 4. The fourth-order valence-electron chi connectivity index (χ4n) is 7.43. The monoisotopic (exact) mass is 646 g/mol. The van der Waals surface area contributed by atoms with Gasteiger partial charge in [0, 0.05) is 24.7 Å². The number of carbonyl (C=O) groups is 1. The predicted octanol–water partition coefficient (Wildman–Crippen LogP) is 5.11. The number of halogens is 2. The van der Waals surface area contributed by atoms with Gasteiger partial charge in [-0.3, -0.25) is 14.6 Å². The number of nitriles is 1. The van der Waals surface area contributed by atoms with Gasteiger partial charge in [0.15, 0.2) is 23.0 Å². The number of hydrogen-bond donors (Lipinski definition) is 1. The summed E-state index contributed by atoms with van der Waals surface area (Å²) in [6.45, 7) is 0.243. The first-order valence-electron chi connectivity index (χ1n) is 15.0. The van der Waals surface area contributed by atoms with Crippen molar-refractivity contribution in [2.45, 2.75) is 43.1 Å². The normalized spacial score (nSPS) is 23.5. The van der Waals surface area contributed by atoms with Crippen LogP contribution in [0.25, 0.3) is 6.08 Å². The van der Waals surface area contributed by atoms with E-state index in [-0.39, 0.29) is 41.6 Å². The lowest BCUT2D eigenvalue weighted by Crippen LogP contribution is -2.68. The van der Waals surface area contributed by atoms with Gasteiger partial charge in [-0.1, -0.05) is 17.7 Å². The van der Waals surface area contributed by atoms with E-state index in [2.05, 4.69) is 34.3 Å². The number of rotatable bonds is 8. The van der Waals surface area contributed by atoms with Crippen LogP contribution < -0.4 is 24.3 Å². The van der Waals surface area contributed by atoms with E-state index in [9.17, 15) is 14.4 Å². The van der Waals surface area contributed by atoms with E-state index < -0.39 is 11.9 Å². The Morgan fingerprint density at radius 3 is 2.15 bits per heavy atom.